The van der Waals surface area contributed by atoms with Gasteiger partial charge < -0.3 is 10.4 Å². The third kappa shape index (κ3) is 4.74. The van der Waals surface area contributed by atoms with Crippen LogP contribution >= 0.6 is 11.3 Å². The molecule has 0 saturated heterocycles. The molecular weight excluding hydrogens is 194 g/mol. The van der Waals surface area contributed by atoms with Crippen molar-refractivity contribution in [2.45, 2.75) is 32.2 Å². The number of aryl methyl sites for hydroxylation is 1. The first kappa shape index (κ1) is 11.7. The van der Waals surface area contributed by atoms with Gasteiger partial charge in [0, 0.05) is 10.9 Å². The van der Waals surface area contributed by atoms with E-state index < -0.39 is 0 Å². The highest BCUT2D eigenvalue weighted by Gasteiger charge is 1.97. The first-order valence-corrected chi connectivity index (χ1v) is 6.07. The highest BCUT2D eigenvalue weighted by molar-refractivity contribution is 7.09. The summed E-state index contributed by atoms with van der Waals surface area (Å²) < 4.78 is 0. The smallest absolute Gasteiger partial charge is 0.0581 e. The summed E-state index contributed by atoms with van der Waals surface area (Å²) in [6.45, 7) is 3.23. The van der Waals surface area contributed by atoms with Crippen LogP contribution in [0.2, 0.25) is 0 Å². The van der Waals surface area contributed by atoms with Crippen molar-refractivity contribution >= 4 is 11.3 Å². The van der Waals surface area contributed by atoms with E-state index in [-0.39, 0.29) is 12.6 Å². The fourth-order valence-electron chi connectivity index (χ4n) is 1.29. The fourth-order valence-corrected chi connectivity index (χ4v) is 2.04. The minimum absolute atomic E-state index is 0.227. The molecule has 0 aromatic carbocycles. The number of nitrogens with one attached hydrogen (secondary N) is 1. The van der Waals surface area contributed by atoms with Crippen molar-refractivity contribution in [3.63, 3.8) is 0 Å². The number of aliphatic hydroxyl groups excluding tert-OH is 1. The molecule has 0 fully saturated rings. The van der Waals surface area contributed by atoms with Crippen molar-refractivity contribution in [1.82, 2.24) is 5.32 Å². The van der Waals surface area contributed by atoms with Crippen LogP contribution in [0.1, 0.15) is 24.6 Å². The number of aliphatic hydroxyl groups is 1. The van der Waals surface area contributed by atoms with Crippen LogP contribution in [0.5, 0.6) is 0 Å². The zero-order chi connectivity index (χ0) is 10.2. The van der Waals surface area contributed by atoms with E-state index in [0.29, 0.717) is 0 Å². The largest absolute Gasteiger partial charge is 0.395 e. The topological polar surface area (TPSA) is 32.3 Å². The van der Waals surface area contributed by atoms with Crippen LogP contribution in [0.3, 0.4) is 0 Å². The van der Waals surface area contributed by atoms with Crippen LogP contribution in [-0.2, 0) is 6.42 Å². The molecule has 0 aliphatic carbocycles. The van der Waals surface area contributed by atoms with Crippen molar-refractivity contribution in [3.05, 3.63) is 22.4 Å². The number of hydrogen-bond donors (Lipinski definition) is 2. The maximum Gasteiger partial charge on any atom is 0.0581 e. The Labute approximate surface area is 90.0 Å². The second-order valence-electron chi connectivity index (χ2n) is 3.57. The monoisotopic (exact) mass is 213 g/mol. The Balaban J connectivity index is 1.95. The molecule has 2 N–H and O–H groups in total. The van der Waals surface area contributed by atoms with E-state index in [1.807, 2.05) is 18.3 Å². The van der Waals surface area contributed by atoms with E-state index >= 15 is 0 Å². The highest BCUT2D eigenvalue weighted by Crippen LogP contribution is 2.11. The Bertz CT molecular complexity index is 223. The molecule has 1 heterocycles. The molecule has 1 aromatic rings. The normalized spacial score (nSPS) is 13.0. The lowest BCUT2D eigenvalue weighted by atomic mass is 10.2. The molecule has 0 saturated carbocycles. The van der Waals surface area contributed by atoms with Crippen molar-refractivity contribution < 1.29 is 5.11 Å². The van der Waals surface area contributed by atoms with Crippen LogP contribution < -0.4 is 5.32 Å². The van der Waals surface area contributed by atoms with Crippen LogP contribution in [0.4, 0.5) is 0 Å². The Morgan fingerprint density at radius 2 is 2.36 bits per heavy atom. The predicted octanol–water partition coefficient (Wildman–Crippen LogP) is 2.04. The molecule has 0 amide bonds. The molecule has 0 aliphatic heterocycles. The van der Waals surface area contributed by atoms with Gasteiger partial charge in [-0.2, -0.15) is 0 Å². The first-order valence-electron chi connectivity index (χ1n) is 5.19. The predicted molar refractivity (Wildman–Crippen MR) is 61.8 cm³/mol. The molecule has 2 nitrogen and oxygen atoms in total. The molecule has 1 unspecified atom stereocenters. The van der Waals surface area contributed by atoms with Gasteiger partial charge in [-0.1, -0.05) is 6.07 Å². The third-order valence-corrected chi connectivity index (χ3v) is 3.13. The van der Waals surface area contributed by atoms with Crippen LogP contribution in [0.25, 0.3) is 0 Å². The Morgan fingerprint density at radius 1 is 1.50 bits per heavy atom. The van der Waals surface area contributed by atoms with E-state index in [4.69, 9.17) is 5.11 Å². The molecule has 1 rings (SSSR count). The van der Waals surface area contributed by atoms with Gasteiger partial charge in [-0.05, 0) is 44.2 Å². The maximum absolute atomic E-state index is 8.78. The highest BCUT2D eigenvalue weighted by atomic mass is 32.1. The molecule has 14 heavy (non-hydrogen) atoms. The second kappa shape index (κ2) is 6.98. The van der Waals surface area contributed by atoms with Gasteiger partial charge in [-0.15, -0.1) is 11.3 Å². The average Bonchev–Trinajstić information content (AvgIpc) is 2.69. The molecule has 0 aliphatic rings. The Morgan fingerprint density at radius 3 is 3.00 bits per heavy atom. The SMILES string of the molecule is CC(CO)NCCCCc1cccs1. The summed E-state index contributed by atoms with van der Waals surface area (Å²) in [6.07, 6.45) is 3.60. The van der Waals surface area contributed by atoms with E-state index in [9.17, 15) is 0 Å². The molecular formula is C11H19NOS. The Hall–Kier alpha value is -0.380. The van der Waals surface area contributed by atoms with E-state index in [2.05, 4.69) is 22.8 Å². The standard InChI is InChI=1S/C11H19NOS/c1-10(9-13)12-7-3-2-5-11-6-4-8-14-11/h4,6,8,10,12-13H,2-3,5,7,9H2,1H3. The summed E-state index contributed by atoms with van der Waals surface area (Å²) in [5.74, 6) is 0. The van der Waals surface area contributed by atoms with Crippen LogP contribution in [0.15, 0.2) is 17.5 Å². The summed E-state index contributed by atoms with van der Waals surface area (Å²) >= 11 is 1.83. The molecule has 0 radical (unpaired) electrons. The molecule has 1 aromatic heterocycles. The molecule has 80 valence electrons. The number of unbranched alkanes of at least 4 members (excludes halogenated alkanes) is 1. The van der Waals surface area contributed by atoms with Gasteiger partial charge in [0.15, 0.2) is 0 Å². The average molecular weight is 213 g/mol. The Kier molecular flexibility index (Phi) is 5.83. The molecule has 0 bridgehead atoms. The summed E-state index contributed by atoms with van der Waals surface area (Å²) in [5.41, 5.74) is 0. The van der Waals surface area contributed by atoms with Crippen LogP contribution in [-0.4, -0.2) is 24.3 Å². The summed E-state index contributed by atoms with van der Waals surface area (Å²) in [6, 6.07) is 4.53. The quantitative estimate of drug-likeness (QED) is 0.679. The van der Waals surface area contributed by atoms with Gasteiger partial charge in [0.25, 0.3) is 0 Å². The summed E-state index contributed by atoms with van der Waals surface area (Å²) in [4.78, 5) is 1.47. The van der Waals surface area contributed by atoms with Crippen molar-refractivity contribution in [2.24, 2.45) is 0 Å². The molecule has 0 spiro atoms. The van der Waals surface area contributed by atoms with Crippen molar-refractivity contribution in [2.75, 3.05) is 13.2 Å². The van der Waals surface area contributed by atoms with Gasteiger partial charge >= 0.3 is 0 Å². The summed E-state index contributed by atoms with van der Waals surface area (Å²) in [5, 5.41) is 14.2. The van der Waals surface area contributed by atoms with Gasteiger partial charge in [0.2, 0.25) is 0 Å². The minimum Gasteiger partial charge on any atom is -0.395 e. The zero-order valence-electron chi connectivity index (χ0n) is 8.70. The third-order valence-electron chi connectivity index (χ3n) is 2.20. The number of hydrogen-bond acceptors (Lipinski definition) is 3. The van der Waals surface area contributed by atoms with E-state index in [0.717, 1.165) is 6.54 Å². The van der Waals surface area contributed by atoms with Crippen molar-refractivity contribution in [1.29, 1.82) is 0 Å². The van der Waals surface area contributed by atoms with Crippen molar-refractivity contribution in [3.8, 4) is 0 Å². The maximum atomic E-state index is 8.78. The first-order chi connectivity index (χ1) is 6.83. The minimum atomic E-state index is 0.227. The lowest BCUT2D eigenvalue weighted by Crippen LogP contribution is -2.30. The zero-order valence-corrected chi connectivity index (χ0v) is 9.52. The molecule has 1 atom stereocenters. The van der Waals surface area contributed by atoms with Crippen LogP contribution in [0, 0.1) is 0 Å². The lowest BCUT2D eigenvalue weighted by molar-refractivity contribution is 0.251. The van der Waals surface area contributed by atoms with Gasteiger partial charge in [0.1, 0.15) is 0 Å². The van der Waals surface area contributed by atoms with Gasteiger partial charge in [0.05, 0.1) is 6.61 Å². The second-order valence-corrected chi connectivity index (χ2v) is 4.61. The lowest BCUT2D eigenvalue weighted by Gasteiger charge is -2.09. The van der Waals surface area contributed by atoms with Gasteiger partial charge in [-0.3, -0.25) is 0 Å². The molecule has 3 heteroatoms. The summed E-state index contributed by atoms with van der Waals surface area (Å²) in [7, 11) is 0. The number of thiophene rings is 1. The number of rotatable bonds is 7. The van der Waals surface area contributed by atoms with E-state index in [1.54, 1.807) is 0 Å². The fraction of sp³-hybridized carbons (Fsp3) is 0.636. The van der Waals surface area contributed by atoms with Gasteiger partial charge in [-0.25, -0.2) is 0 Å². The van der Waals surface area contributed by atoms with E-state index in [1.165, 1.54) is 24.1 Å².